The molecule has 2 N–H and O–H groups in total. The van der Waals surface area contributed by atoms with Gasteiger partial charge in [0.05, 0.1) is 32.0 Å². The van der Waals surface area contributed by atoms with Crippen LogP contribution in [0.2, 0.25) is 0 Å². The lowest BCUT2D eigenvalue weighted by atomic mass is 10.1. The molecule has 2 aromatic carbocycles. The van der Waals surface area contributed by atoms with Crippen molar-refractivity contribution in [2.75, 3.05) is 38.8 Å². The molecule has 0 aliphatic rings. The molecule has 0 bridgehead atoms. The predicted octanol–water partition coefficient (Wildman–Crippen LogP) is 5.58. The number of halogens is 2. The molecule has 3 rings (SSSR count). The third-order valence-corrected chi connectivity index (χ3v) is 7.95. The normalized spacial score (nSPS) is 12.9. The molecule has 0 aliphatic carbocycles. The van der Waals surface area contributed by atoms with Gasteiger partial charge in [-0.2, -0.15) is 0 Å². The van der Waals surface area contributed by atoms with Crippen LogP contribution in [0.3, 0.4) is 0 Å². The SMILES string of the molecule is CCOP(=O)(OCC)OC[C@H](O)C[C@@H](COC(=O)Nc1cc(-c2ccccc2)no1)N(C)C(=O)CCc1cccc(F)c1F. The van der Waals surface area contributed by atoms with Crippen molar-refractivity contribution in [1.29, 1.82) is 0 Å². The number of ether oxygens (including phenoxy) is 1. The zero-order valence-electron chi connectivity index (χ0n) is 24.6. The van der Waals surface area contributed by atoms with Gasteiger partial charge in [0.1, 0.15) is 12.3 Å². The molecule has 240 valence electrons. The number of carbonyl (C=O) groups is 2. The molecule has 0 unspecified atom stereocenters. The highest BCUT2D eigenvalue weighted by atomic mass is 31.2. The second-order valence-corrected chi connectivity index (χ2v) is 11.2. The summed E-state index contributed by atoms with van der Waals surface area (Å²) in [7, 11) is -2.51. The van der Waals surface area contributed by atoms with Gasteiger partial charge in [-0.15, -0.1) is 0 Å². The maximum atomic E-state index is 14.1. The van der Waals surface area contributed by atoms with Crippen molar-refractivity contribution < 1.29 is 50.9 Å². The molecular formula is C29H36F2N3O9P. The number of anilines is 1. The van der Waals surface area contributed by atoms with Crippen LogP contribution in [0.1, 0.15) is 32.3 Å². The van der Waals surface area contributed by atoms with Crippen molar-refractivity contribution in [2.45, 2.75) is 45.3 Å². The number of aliphatic hydroxyl groups is 1. The third-order valence-electron chi connectivity index (χ3n) is 6.34. The first-order valence-electron chi connectivity index (χ1n) is 13.9. The summed E-state index contributed by atoms with van der Waals surface area (Å²) in [6.07, 6.45) is -2.68. The second-order valence-electron chi connectivity index (χ2n) is 9.51. The zero-order chi connectivity index (χ0) is 32.1. The van der Waals surface area contributed by atoms with Gasteiger partial charge in [0.15, 0.2) is 11.6 Å². The van der Waals surface area contributed by atoms with Gasteiger partial charge in [0, 0.05) is 25.1 Å². The second kappa shape index (κ2) is 17.0. The van der Waals surface area contributed by atoms with E-state index in [1.54, 1.807) is 13.8 Å². The molecule has 0 fully saturated rings. The number of amides is 2. The van der Waals surface area contributed by atoms with Gasteiger partial charge in [-0.1, -0.05) is 47.6 Å². The molecule has 0 saturated carbocycles. The van der Waals surface area contributed by atoms with Gasteiger partial charge in [-0.05, 0) is 38.3 Å². The molecule has 3 aromatic rings. The summed E-state index contributed by atoms with van der Waals surface area (Å²) in [6.45, 7) is 2.42. The van der Waals surface area contributed by atoms with Gasteiger partial charge in [-0.25, -0.2) is 18.1 Å². The van der Waals surface area contributed by atoms with E-state index in [-0.39, 0.29) is 50.5 Å². The van der Waals surface area contributed by atoms with Crippen molar-refractivity contribution in [3.8, 4) is 11.3 Å². The summed E-state index contributed by atoms with van der Waals surface area (Å²) in [5.74, 6) is -2.54. The molecule has 12 nitrogen and oxygen atoms in total. The molecule has 15 heteroatoms. The topological polar surface area (TPSA) is 150 Å². The number of hydrogen-bond acceptors (Lipinski definition) is 10. The summed E-state index contributed by atoms with van der Waals surface area (Å²) in [5.41, 5.74) is 1.28. The Morgan fingerprint density at radius 1 is 1.05 bits per heavy atom. The lowest BCUT2D eigenvalue weighted by molar-refractivity contribution is -0.133. The van der Waals surface area contributed by atoms with Gasteiger partial charge >= 0.3 is 13.9 Å². The molecule has 2 amide bonds. The number of aliphatic hydroxyl groups excluding tert-OH is 1. The van der Waals surface area contributed by atoms with Crippen LogP contribution in [0.25, 0.3) is 11.3 Å². The Morgan fingerprint density at radius 2 is 1.75 bits per heavy atom. The average molecular weight is 640 g/mol. The van der Waals surface area contributed by atoms with Crippen molar-refractivity contribution in [3.05, 3.63) is 71.8 Å². The molecule has 2 atom stereocenters. The van der Waals surface area contributed by atoms with Crippen LogP contribution in [0.5, 0.6) is 0 Å². The van der Waals surface area contributed by atoms with Gasteiger partial charge in [0.25, 0.3) is 0 Å². The maximum Gasteiger partial charge on any atom is 0.474 e. The monoisotopic (exact) mass is 639 g/mol. The lowest BCUT2D eigenvalue weighted by Gasteiger charge is -2.30. The van der Waals surface area contributed by atoms with Crippen molar-refractivity contribution >= 4 is 25.7 Å². The number of aromatic nitrogens is 1. The predicted molar refractivity (Wildman–Crippen MR) is 156 cm³/mol. The molecular weight excluding hydrogens is 603 g/mol. The lowest BCUT2D eigenvalue weighted by Crippen LogP contribution is -2.43. The Morgan fingerprint density at radius 3 is 2.43 bits per heavy atom. The van der Waals surface area contributed by atoms with E-state index < -0.39 is 50.2 Å². The third kappa shape index (κ3) is 10.5. The number of carbonyl (C=O) groups excluding carboxylic acids is 2. The molecule has 0 saturated heterocycles. The quantitative estimate of drug-likeness (QED) is 0.179. The first-order chi connectivity index (χ1) is 21.0. The van der Waals surface area contributed by atoms with E-state index in [0.717, 1.165) is 11.6 Å². The van der Waals surface area contributed by atoms with Crippen LogP contribution in [0.15, 0.2) is 59.1 Å². The number of rotatable bonds is 17. The van der Waals surface area contributed by atoms with Crippen molar-refractivity contribution in [1.82, 2.24) is 10.1 Å². The average Bonchev–Trinajstić information content (AvgIpc) is 3.47. The molecule has 0 spiro atoms. The fourth-order valence-corrected chi connectivity index (χ4v) is 5.29. The van der Waals surface area contributed by atoms with Crippen LogP contribution in [0, 0.1) is 11.6 Å². The summed E-state index contributed by atoms with van der Waals surface area (Å²) in [6, 6.07) is 13.4. The Bertz CT molecular complexity index is 1400. The number of aryl methyl sites for hydroxylation is 1. The fourth-order valence-electron chi connectivity index (χ4n) is 4.08. The minimum atomic E-state index is -3.92. The van der Waals surface area contributed by atoms with Crippen LogP contribution in [0.4, 0.5) is 19.5 Å². The van der Waals surface area contributed by atoms with Crippen molar-refractivity contribution in [2.24, 2.45) is 0 Å². The van der Waals surface area contributed by atoms with E-state index in [0.29, 0.717) is 5.69 Å². The van der Waals surface area contributed by atoms with Crippen LogP contribution in [-0.4, -0.2) is 72.8 Å². The van der Waals surface area contributed by atoms with E-state index in [4.69, 9.17) is 22.8 Å². The number of nitrogens with zero attached hydrogens (tertiary/aromatic N) is 2. The Kier molecular flexibility index (Phi) is 13.4. The molecule has 1 aromatic heterocycles. The van der Waals surface area contributed by atoms with Crippen molar-refractivity contribution in [3.63, 3.8) is 0 Å². The summed E-state index contributed by atoms with van der Waals surface area (Å²) in [4.78, 5) is 26.8. The maximum absolute atomic E-state index is 14.1. The summed E-state index contributed by atoms with van der Waals surface area (Å²) >= 11 is 0. The molecule has 44 heavy (non-hydrogen) atoms. The number of benzene rings is 2. The Labute approximate surface area is 253 Å². The van der Waals surface area contributed by atoms with E-state index >= 15 is 0 Å². The molecule has 0 aliphatic heterocycles. The Hall–Kier alpha value is -3.68. The minimum Gasteiger partial charge on any atom is -0.447 e. The Balaban J connectivity index is 1.65. The first kappa shape index (κ1) is 34.8. The van der Waals surface area contributed by atoms with Crippen LogP contribution < -0.4 is 5.32 Å². The standard InChI is InChI=1S/C29H36F2N3O9P/c1-4-40-44(38,41-5-2)42-19-23(35)16-22(34(3)27(36)15-14-21-12-9-13-24(30)28(21)31)18-39-29(37)32-26-17-25(33-43-26)20-10-7-6-8-11-20/h6-13,17,22-23,35H,4-5,14-16,18-19H2,1-3H3,(H,32,37)/t22-,23+/m0/s1. The van der Waals surface area contributed by atoms with Gasteiger partial charge < -0.3 is 19.3 Å². The molecule has 1 heterocycles. The number of phosphoric acid groups is 1. The smallest absolute Gasteiger partial charge is 0.447 e. The summed E-state index contributed by atoms with van der Waals surface area (Å²) in [5, 5.41) is 17.0. The summed E-state index contributed by atoms with van der Waals surface area (Å²) < 4.78 is 66.1. The number of nitrogens with one attached hydrogen (secondary N) is 1. The van der Waals surface area contributed by atoms with E-state index in [9.17, 15) is 28.0 Å². The number of likely N-dealkylation sites (N-methyl/N-ethyl adjacent to an activating group) is 1. The van der Waals surface area contributed by atoms with Crippen LogP contribution >= 0.6 is 7.82 Å². The van der Waals surface area contributed by atoms with Gasteiger partial charge in [0.2, 0.25) is 11.8 Å². The van der Waals surface area contributed by atoms with E-state index in [1.165, 1.54) is 30.1 Å². The number of hydrogen-bond donors (Lipinski definition) is 2. The highest BCUT2D eigenvalue weighted by Gasteiger charge is 2.30. The fraction of sp³-hybridized carbons (Fsp3) is 0.414. The number of phosphoric ester groups is 1. The highest BCUT2D eigenvalue weighted by Crippen LogP contribution is 2.49. The van der Waals surface area contributed by atoms with Crippen LogP contribution in [-0.2, 0) is 34.1 Å². The molecule has 0 radical (unpaired) electrons. The highest BCUT2D eigenvalue weighted by molar-refractivity contribution is 7.48. The van der Waals surface area contributed by atoms with Gasteiger partial charge in [-0.3, -0.25) is 23.7 Å². The first-order valence-corrected chi connectivity index (χ1v) is 15.4. The largest absolute Gasteiger partial charge is 0.474 e. The zero-order valence-corrected chi connectivity index (χ0v) is 25.5. The van der Waals surface area contributed by atoms with E-state index in [2.05, 4.69) is 10.5 Å². The minimum absolute atomic E-state index is 0.0167. The van der Waals surface area contributed by atoms with E-state index in [1.807, 2.05) is 30.3 Å².